The topological polar surface area (TPSA) is 41.6 Å². The van der Waals surface area contributed by atoms with Gasteiger partial charge in [-0.25, -0.2) is 0 Å². The van der Waals surface area contributed by atoms with Crippen molar-refractivity contribution in [3.63, 3.8) is 0 Å². The van der Waals surface area contributed by atoms with Gasteiger partial charge in [-0.15, -0.1) is 0 Å². The maximum absolute atomic E-state index is 6.21. The van der Waals surface area contributed by atoms with Crippen LogP contribution in [0, 0.1) is 5.41 Å². The first kappa shape index (κ1) is 11.4. The Morgan fingerprint density at radius 3 is 2.47 bits per heavy atom. The van der Waals surface area contributed by atoms with Crippen LogP contribution >= 0.6 is 0 Å². The molecular weight excluding hydrogens is 210 g/mol. The Balaban J connectivity index is 1.94. The van der Waals surface area contributed by atoms with E-state index in [0.717, 1.165) is 12.5 Å². The van der Waals surface area contributed by atoms with Crippen LogP contribution in [0.1, 0.15) is 58.8 Å². The minimum Gasteiger partial charge on any atom is -0.370 e. The van der Waals surface area contributed by atoms with Gasteiger partial charge >= 0.3 is 0 Å². The Labute approximate surface area is 104 Å². The van der Waals surface area contributed by atoms with E-state index >= 15 is 0 Å². The third-order valence-corrected chi connectivity index (χ3v) is 5.55. The van der Waals surface area contributed by atoms with Gasteiger partial charge in [-0.3, -0.25) is 4.99 Å². The Morgan fingerprint density at radius 2 is 1.88 bits per heavy atom. The van der Waals surface area contributed by atoms with Crippen LogP contribution in [0.5, 0.6) is 0 Å². The number of hydrogen-bond acceptors (Lipinski definition) is 3. The molecule has 2 fully saturated rings. The van der Waals surface area contributed by atoms with Crippen LogP contribution in [-0.4, -0.2) is 29.0 Å². The van der Waals surface area contributed by atoms with Gasteiger partial charge < -0.3 is 10.6 Å². The molecule has 0 aromatic carbocycles. The average Bonchev–Trinajstić information content (AvgIpc) is 2.91. The SMILES string of the molecule is CC1(C)CCCC12CN=C(N)N2C1CCCC1. The van der Waals surface area contributed by atoms with Crippen molar-refractivity contribution in [3.05, 3.63) is 0 Å². The van der Waals surface area contributed by atoms with Crippen LogP contribution < -0.4 is 5.73 Å². The van der Waals surface area contributed by atoms with Crippen LogP contribution in [0.15, 0.2) is 4.99 Å². The predicted octanol–water partition coefficient (Wildman–Crippen LogP) is 2.51. The highest BCUT2D eigenvalue weighted by Gasteiger charge is 2.57. The second kappa shape index (κ2) is 3.63. The van der Waals surface area contributed by atoms with E-state index in [-0.39, 0.29) is 5.54 Å². The summed E-state index contributed by atoms with van der Waals surface area (Å²) in [6, 6.07) is 0.665. The fourth-order valence-electron chi connectivity index (χ4n) is 4.42. The van der Waals surface area contributed by atoms with Gasteiger partial charge in [0.2, 0.25) is 0 Å². The van der Waals surface area contributed by atoms with E-state index in [1.54, 1.807) is 0 Å². The summed E-state index contributed by atoms with van der Waals surface area (Å²) in [5, 5.41) is 0. The van der Waals surface area contributed by atoms with Crippen LogP contribution in [0.4, 0.5) is 0 Å². The van der Waals surface area contributed by atoms with Crippen LogP contribution in [0.3, 0.4) is 0 Å². The minimum atomic E-state index is 0.242. The molecule has 2 saturated carbocycles. The molecule has 3 rings (SSSR count). The molecule has 0 bridgehead atoms. The Bertz CT molecular complexity index is 341. The largest absolute Gasteiger partial charge is 0.370 e. The van der Waals surface area contributed by atoms with Gasteiger partial charge in [0.15, 0.2) is 5.96 Å². The van der Waals surface area contributed by atoms with E-state index < -0.39 is 0 Å². The maximum Gasteiger partial charge on any atom is 0.192 e. The van der Waals surface area contributed by atoms with E-state index in [2.05, 4.69) is 23.7 Å². The fraction of sp³-hybridized carbons (Fsp3) is 0.929. The van der Waals surface area contributed by atoms with Gasteiger partial charge in [-0.05, 0) is 31.1 Å². The molecule has 2 N–H and O–H groups in total. The summed E-state index contributed by atoms with van der Waals surface area (Å²) in [5.74, 6) is 0.826. The van der Waals surface area contributed by atoms with Crippen molar-refractivity contribution in [2.75, 3.05) is 6.54 Å². The lowest BCUT2D eigenvalue weighted by atomic mass is 9.73. The first-order chi connectivity index (χ1) is 8.07. The summed E-state index contributed by atoms with van der Waals surface area (Å²) in [6.45, 7) is 5.76. The van der Waals surface area contributed by atoms with E-state index in [0.29, 0.717) is 11.5 Å². The number of aliphatic imine (C=N–C) groups is 1. The Kier molecular flexibility index (Phi) is 2.43. The predicted molar refractivity (Wildman–Crippen MR) is 70.9 cm³/mol. The molecule has 1 spiro atoms. The molecule has 1 atom stereocenters. The van der Waals surface area contributed by atoms with Gasteiger partial charge in [0.05, 0.1) is 12.1 Å². The van der Waals surface area contributed by atoms with Gasteiger partial charge in [-0.1, -0.05) is 33.1 Å². The monoisotopic (exact) mass is 235 g/mol. The number of rotatable bonds is 1. The lowest BCUT2D eigenvalue weighted by Gasteiger charge is -2.48. The Hall–Kier alpha value is -0.730. The number of guanidine groups is 1. The molecular formula is C14H25N3. The molecule has 3 nitrogen and oxygen atoms in total. The van der Waals surface area contributed by atoms with Crippen molar-refractivity contribution in [2.24, 2.45) is 16.1 Å². The van der Waals surface area contributed by atoms with Gasteiger partial charge in [0.1, 0.15) is 0 Å². The van der Waals surface area contributed by atoms with Crippen molar-refractivity contribution >= 4 is 5.96 Å². The summed E-state index contributed by atoms with van der Waals surface area (Å²) in [7, 11) is 0. The number of nitrogens with zero attached hydrogens (tertiary/aromatic N) is 2. The number of nitrogens with two attached hydrogens (primary N) is 1. The quantitative estimate of drug-likeness (QED) is 0.758. The summed E-state index contributed by atoms with van der Waals surface area (Å²) >= 11 is 0. The molecule has 1 heterocycles. The molecule has 0 radical (unpaired) electrons. The van der Waals surface area contributed by atoms with E-state index in [1.165, 1.54) is 44.9 Å². The fourth-order valence-corrected chi connectivity index (χ4v) is 4.42. The Morgan fingerprint density at radius 1 is 1.18 bits per heavy atom. The molecule has 1 unspecified atom stereocenters. The highest BCUT2D eigenvalue weighted by atomic mass is 15.4. The summed E-state index contributed by atoms with van der Waals surface area (Å²) in [5.41, 5.74) is 6.81. The van der Waals surface area contributed by atoms with E-state index in [4.69, 9.17) is 5.73 Å². The molecule has 96 valence electrons. The van der Waals surface area contributed by atoms with Crippen molar-refractivity contribution in [1.82, 2.24) is 4.90 Å². The lowest BCUT2D eigenvalue weighted by Crippen LogP contribution is -2.60. The van der Waals surface area contributed by atoms with Crippen LogP contribution in [0.25, 0.3) is 0 Å². The third-order valence-electron chi connectivity index (χ3n) is 5.55. The van der Waals surface area contributed by atoms with Crippen molar-refractivity contribution in [3.8, 4) is 0 Å². The second-order valence-electron chi connectivity index (χ2n) is 6.75. The maximum atomic E-state index is 6.21. The molecule has 3 heteroatoms. The lowest BCUT2D eigenvalue weighted by molar-refractivity contribution is 0.0546. The van der Waals surface area contributed by atoms with Crippen LogP contribution in [-0.2, 0) is 0 Å². The highest BCUT2D eigenvalue weighted by Crippen LogP contribution is 2.53. The average molecular weight is 235 g/mol. The zero-order valence-electron chi connectivity index (χ0n) is 11.2. The van der Waals surface area contributed by atoms with E-state index in [9.17, 15) is 0 Å². The molecule has 0 aromatic rings. The molecule has 17 heavy (non-hydrogen) atoms. The molecule has 0 aromatic heterocycles. The summed E-state index contributed by atoms with van der Waals surface area (Å²) < 4.78 is 0. The second-order valence-corrected chi connectivity index (χ2v) is 6.75. The van der Waals surface area contributed by atoms with Gasteiger partial charge in [0, 0.05) is 6.04 Å². The van der Waals surface area contributed by atoms with E-state index in [1.807, 2.05) is 0 Å². The van der Waals surface area contributed by atoms with Crippen molar-refractivity contribution in [2.45, 2.75) is 70.4 Å². The molecule has 0 saturated heterocycles. The third kappa shape index (κ3) is 1.44. The van der Waals surface area contributed by atoms with Gasteiger partial charge in [-0.2, -0.15) is 0 Å². The van der Waals surface area contributed by atoms with Gasteiger partial charge in [0.25, 0.3) is 0 Å². The molecule has 3 aliphatic rings. The molecule has 2 aliphatic carbocycles. The summed E-state index contributed by atoms with van der Waals surface area (Å²) in [4.78, 5) is 7.15. The molecule has 0 amide bonds. The number of hydrogen-bond donors (Lipinski definition) is 1. The molecule has 1 aliphatic heterocycles. The minimum absolute atomic E-state index is 0.242. The zero-order valence-corrected chi connectivity index (χ0v) is 11.2. The zero-order chi connectivity index (χ0) is 12.1. The highest BCUT2D eigenvalue weighted by molar-refractivity contribution is 5.81. The van der Waals surface area contributed by atoms with Crippen LogP contribution in [0.2, 0.25) is 0 Å². The standard InChI is InChI=1S/C14H25N3/c1-13(2)8-5-9-14(13)10-16-12(15)17(14)11-6-3-4-7-11/h11H,3-10H2,1-2H3,(H2,15,16). The van der Waals surface area contributed by atoms with Crippen molar-refractivity contribution in [1.29, 1.82) is 0 Å². The van der Waals surface area contributed by atoms with Crippen molar-refractivity contribution < 1.29 is 0 Å². The summed E-state index contributed by atoms with van der Waals surface area (Å²) in [6.07, 6.45) is 9.29. The first-order valence-corrected chi connectivity index (χ1v) is 7.16. The normalized spacial score (nSPS) is 37.1. The smallest absolute Gasteiger partial charge is 0.192 e. The first-order valence-electron chi connectivity index (χ1n) is 7.16.